The van der Waals surface area contributed by atoms with Gasteiger partial charge in [0.25, 0.3) is 0 Å². The maximum Gasteiger partial charge on any atom is 0.0108 e. The van der Waals surface area contributed by atoms with Gasteiger partial charge in [0.15, 0.2) is 0 Å². The molecule has 0 bridgehead atoms. The van der Waals surface area contributed by atoms with E-state index in [0.717, 1.165) is 18.4 Å². The molecule has 1 unspecified atom stereocenters. The van der Waals surface area contributed by atoms with Gasteiger partial charge in [-0.1, -0.05) is 60.1 Å². The highest BCUT2D eigenvalue weighted by Crippen LogP contribution is 2.22. The van der Waals surface area contributed by atoms with Crippen molar-refractivity contribution < 1.29 is 0 Å². The Kier molecular flexibility index (Phi) is 8.82. The molecule has 0 N–H and O–H groups in total. The number of hydrogen-bond acceptors (Lipinski definition) is 2. The Balaban J connectivity index is 2.28. The van der Waals surface area contributed by atoms with Gasteiger partial charge < -0.3 is 4.90 Å². The van der Waals surface area contributed by atoms with Gasteiger partial charge in [-0.05, 0) is 18.7 Å². The van der Waals surface area contributed by atoms with Crippen molar-refractivity contribution in [1.82, 2.24) is 4.90 Å². The summed E-state index contributed by atoms with van der Waals surface area (Å²) in [6.45, 7) is 8.01. The van der Waals surface area contributed by atoms with Crippen LogP contribution < -0.4 is 0 Å². The molecule has 0 saturated heterocycles. The summed E-state index contributed by atoms with van der Waals surface area (Å²) in [7, 11) is 0. The zero-order valence-electron chi connectivity index (χ0n) is 11.4. The molecule has 102 valence electrons. The van der Waals surface area contributed by atoms with E-state index in [0.29, 0.717) is 5.92 Å². The highest BCUT2D eigenvalue weighted by atomic mass is 79.9. The summed E-state index contributed by atoms with van der Waals surface area (Å²) in [4.78, 5) is 2.48. The minimum Gasteiger partial charge on any atom is -0.303 e. The molecular formula is C15H24BrNS. The first kappa shape index (κ1) is 16.1. The molecule has 18 heavy (non-hydrogen) atoms. The van der Waals surface area contributed by atoms with Gasteiger partial charge in [-0.3, -0.25) is 0 Å². The van der Waals surface area contributed by atoms with Crippen LogP contribution in [-0.4, -0.2) is 41.4 Å². The predicted molar refractivity (Wildman–Crippen MR) is 88.1 cm³/mol. The smallest absolute Gasteiger partial charge is 0.0108 e. The number of thioether (sulfide) groups is 1. The van der Waals surface area contributed by atoms with E-state index in [4.69, 9.17) is 0 Å². The maximum absolute atomic E-state index is 3.64. The summed E-state index contributed by atoms with van der Waals surface area (Å²) in [6.07, 6.45) is 0. The molecule has 1 atom stereocenters. The molecule has 0 radical (unpaired) electrons. The second-order valence-corrected chi connectivity index (χ2v) is 6.16. The van der Waals surface area contributed by atoms with Crippen LogP contribution >= 0.6 is 27.7 Å². The second kappa shape index (κ2) is 9.88. The van der Waals surface area contributed by atoms with Crippen LogP contribution in [0.4, 0.5) is 0 Å². The Morgan fingerprint density at radius 2 is 1.83 bits per heavy atom. The molecule has 0 aliphatic heterocycles. The fraction of sp³-hybridized carbons (Fsp3) is 0.600. The van der Waals surface area contributed by atoms with Crippen molar-refractivity contribution in [1.29, 1.82) is 0 Å². The van der Waals surface area contributed by atoms with Gasteiger partial charge >= 0.3 is 0 Å². The van der Waals surface area contributed by atoms with E-state index < -0.39 is 0 Å². The summed E-state index contributed by atoms with van der Waals surface area (Å²) < 4.78 is 0. The normalized spacial score (nSPS) is 12.9. The summed E-state index contributed by atoms with van der Waals surface area (Å²) >= 11 is 5.71. The lowest BCUT2D eigenvalue weighted by molar-refractivity contribution is 0.324. The molecule has 0 aliphatic rings. The van der Waals surface area contributed by atoms with Crippen molar-refractivity contribution in [2.24, 2.45) is 0 Å². The van der Waals surface area contributed by atoms with Crippen LogP contribution in [0, 0.1) is 0 Å². The molecule has 0 aromatic heterocycles. The Labute approximate surface area is 124 Å². The van der Waals surface area contributed by atoms with Gasteiger partial charge in [0.05, 0.1) is 0 Å². The van der Waals surface area contributed by atoms with Gasteiger partial charge in [-0.2, -0.15) is 11.8 Å². The van der Waals surface area contributed by atoms with E-state index in [1.54, 1.807) is 0 Å². The molecule has 1 aromatic rings. The Hall–Kier alpha value is 0.0100. The minimum atomic E-state index is 0.632. The summed E-state index contributed by atoms with van der Waals surface area (Å²) in [6, 6.07) is 10.8. The second-order valence-electron chi connectivity index (χ2n) is 4.36. The molecule has 0 fully saturated rings. The monoisotopic (exact) mass is 329 g/mol. The molecule has 1 aromatic carbocycles. The summed E-state index contributed by atoms with van der Waals surface area (Å²) in [5.74, 6) is 3.07. The molecule has 0 spiro atoms. The SMILES string of the molecule is CCN(CC)CCSCC(CBr)c1ccccc1. The van der Waals surface area contributed by atoms with E-state index in [2.05, 4.69) is 76.8 Å². The Morgan fingerprint density at radius 1 is 1.17 bits per heavy atom. The highest BCUT2D eigenvalue weighted by Gasteiger charge is 2.09. The van der Waals surface area contributed by atoms with Crippen LogP contribution in [-0.2, 0) is 0 Å². The van der Waals surface area contributed by atoms with Gasteiger partial charge in [0, 0.05) is 29.3 Å². The lowest BCUT2D eigenvalue weighted by atomic mass is 10.0. The van der Waals surface area contributed by atoms with Gasteiger partial charge in [0.2, 0.25) is 0 Å². The average Bonchev–Trinajstić information content (AvgIpc) is 2.44. The van der Waals surface area contributed by atoms with Crippen LogP contribution in [0.25, 0.3) is 0 Å². The Bertz CT molecular complexity index is 301. The van der Waals surface area contributed by atoms with Crippen LogP contribution in [0.3, 0.4) is 0 Å². The van der Waals surface area contributed by atoms with Crippen LogP contribution in [0.1, 0.15) is 25.3 Å². The first-order chi connectivity index (χ1) is 8.81. The molecule has 1 rings (SSSR count). The number of halogens is 1. The molecular weight excluding hydrogens is 306 g/mol. The van der Waals surface area contributed by atoms with Crippen LogP contribution in [0.2, 0.25) is 0 Å². The molecule has 0 amide bonds. The first-order valence-electron chi connectivity index (χ1n) is 6.72. The molecule has 3 heteroatoms. The van der Waals surface area contributed by atoms with Crippen molar-refractivity contribution in [3.63, 3.8) is 0 Å². The quantitative estimate of drug-likeness (QED) is 0.492. The summed E-state index contributed by atoms with van der Waals surface area (Å²) in [5, 5.41) is 1.05. The zero-order valence-corrected chi connectivity index (χ0v) is 13.8. The number of alkyl halides is 1. The molecule has 0 aliphatic carbocycles. The van der Waals surface area contributed by atoms with Gasteiger partial charge in [0.1, 0.15) is 0 Å². The largest absolute Gasteiger partial charge is 0.303 e. The fourth-order valence-corrected chi connectivity index (χ4v) is 3.97. The third-order valence-corrected chi connectivity index (χ3v) is 5.11. The highest BCUT2D eigenvalue weighted by molar-refractivity contribution is 9.09. The van der Waals surface area contributed by atoms with Crippen molar-refractivity contribution in [3.05, 3.63) is 35.9 Å². The van der Waals surface area contributed by atoms with E-state index >= 15 is 0 Å². The number of hydrogen-bond donors (Lipinski definition) is 0. The lowest BCUT2D eigenvalue weighted by Crippen LogP contribution is -2.25. The van der Waals surface area contributed by atoms with E-state index in [-0.39, 0.29) is 0 Å². The molecule has 0 heterocycles. The third-order valence-electron chi connectivity index (χ3n) is 3.22. The fourth-order valence-electron chi connectivity index (χ4n) is 1.91. The van der Waals surface area contributed by atoms with E-state index in [1.165, 1.54) is 23.6 Å². The molecule has 0 saturated carbocycles. The van der Waals surface area contributed by atoms with Crippen molar-refractivity contribution in [2.45, 2.75) is 19.8 Å². The van der Waals surface area contributed by atoms with E-state index in [1.807, 2.05) is 0 Å². The standard InChI is InChI=1S/C15H24BrNS/c1-3-17(4-2)10-11-18-13-15(12-16)14-8-6-5-7-9-14/h5-9,15H,3-4,10-13H2,1-2H3. The first-order valence-corrected chi connectivity index (χ1v) is 9.00. The van der Waals surface area contributed by atoms with Crippen LogP contribution in [0.15, 0.2) is 30.3 Å². The van der Waals surface area contributed by atoms with Crippen molar-refractivity contribution in [3.8, 4) is 0 Å². The van der Waals surface area contributed by atoms with Crippen molar-refractivity contribution in [2.75, 3.05) is 36.5 Å². The number of nitrogens with zero attached hydrogens (tertiary/aromatic N) is 1. The van der Waals surface area contributed by atoms with Gasteiger partial charge in [-0.25, -0.2) is 0 Å². The van der Waals surface area contributed by atoms with Crippen LogP contribution in [0.5, 0.6) is 0 Å². The van der Waals surface area contributed by atoms with E-state index in [9.17, 15) is 0 Å². The predicted octanol–water partition coefficient (Wildman–Crippen LogP) is 4.24. The lowest BCUT2D eigenvalue weighted by Gasteiger charge is -2.19. The third kappa shape index (κ3) is 5.77. The minimum absolute atomic E-state index is 0.632. The zero-order chi connectivity index (χ0) is 13.2. The molecule has 1 nitrogen and oxygen atoms in total. The van der Waals surface area contributed by atoms with Gasteiger partial charge in [-0.15, -0.1) is 0 Å². The number of rotatable bonds is 9. The Morgan fingerprint density at radius 3 is 2.39 bits per heavy atom. The maximum atomic E-state index is 3.64. The summed E-state index contributed by atoms with van der Waals surface area (Å²) in [5.41, 5.74) is 1.45. The van der Waals surface area contributed by atoms with Crippen molar-refractivity contribution >= 4 is 27.7 Å². The topological polar surface area (TPSA) is 3.24 Å². The number of benzene rings is 1. The average molecular weight is 330 g/mol.